The number of benzene rings is 2. The molecule has 2 aromatic rings. The minimum absolute atomic E-state index is 0.111. The van der Waals surface area contributed by atoms with Gasteiger partial charge in [-0.15, -0.1) is 0 Å². The summed E-state index contributed by atoms with van der Waals surface area (Å²) in [6.45, 7) is 2.25. The van der Waals surface area contributed by atoms with Crippen molar-refractivity contribution >= 4 is 5.78 Å². The fourth-order valence-electron chi connectivity index (χ4n) is 6.61. The van der Waals surface area contributed by atoms with Gasteiger partial charge in [0.1, 0.15) is 83.9 Å². The summed E-state index contributed by atoms with van der Waals surface area (Å²) in [5.74, 6) is -1.32. The summed E-state index contributed by atoms with van der Waals surface area (Å²) >= 11 is 0. The fourth-order valence-corrected chi connectivity index (χ4v) is 6.61. The van der Waals surface area contributed by atoms with Crippen LogP contribution in [0.4, 0.5) is 0 Å². The van der Waals surface area contributed by atoms with Crippen LogP contribution in [0, 0.1) is 0 Å². The lowest BCUT2D eigenvalue weighted by atomic mass is 9.95. The number of rotatable bonds is 9. The predicted molar refractivity (Wildman–Crippen MR) is 172 cm³/mol. The van der Waals surface area contributed by atoms with Crippen LogP contribution < -0.4 is 14.2 Å². The Balaban J connectivity index is 1.26. The number of ketones is 1. The number of carbonyl (C=O) groups is 1. The maximum atomic E-state index is 13.2. The van der Waals surface area contributed by atoms with Crippen LogP contribution in [0.3, 0.4) is 0 Å². The van der Waals surface area contributed by atoms with Crippen molar-refractivity contribution in [3.63, 3.8) is 0 Å². The second-order valence-electron chi connectivity index (χ2n) is 13.4. The minimum atomic E-state index is -1.89. The number of aromatic hydroxyl groups is 2. The van der Waals surface area contributed by atoms with Crippen LogP contribution in [0.5, 0.6) is 28.7 Å². The number of phenols is 2. The molecule has 294 valence electrons. The van der Waals surface area contributed by atoms with Gasteiger partial charge in [-0.1, -0.05) is 6.07 Å². The molecule has 0 amide bonds. The van der Waals surface area contributed by atoms with Crippen LogP contribution >= 0.6 is 0 Å². The van der Waals surface area contributed by atoms with Gasteiger partial charge in [0.05, 0.1) is 32.3 Å². The maximum Gasteiger partial charge on any atom is 0.229 e. The van der Waals surface area contributed by atoms with Crippen LogP contribution in [-0.4, -0.2) is 163 Å². The van der Waals surface area contributed by atoms with Crippen molar-refractivity contribution in [2.75, 3.05) is 13.7 Å². The monoisotopic (exact) mass is 756 g/mol. The van der Waals surface area contributed by atoms with Crippen LogP contribution in [0.1, 0.15) is 42.3 Å². The molecule has 0 saturated carbocycles. The number of aliphatic hydroxyl groups is 8. The summed E-state index contributed by atoms with van der Waals surface area (Å²) in [6, 6.07) is 6.77. The molecule has 4 aliphatic rings. The van der Waals surface area contributed by atoms with E-state index in [4.69, 9.17) is 37.9 Å². The molecular weight excluding hydrogens is 712 g/mol. The zero-order valence-corrected chi connectivity index (χ0v) is 28.7. The van der Waals surface area contributed by atoms with Gasteiger partial charge in [-0.2, -0.15) is 0 Å². The molecule has 0 bridgehead atoms. The molecule has 4 aliphatic heterocycles. The Labute approximate surface area is 302 Å². The van der Waals surface area contributed by atoms with Crippen molar-refractivity contribution in [1.82, 2.24) is 0 Å². The lowest BCUT2D eigenvalue weighted by Crippen LogP contribution is -2.65. The molecule has 3 saturated heterocycles. The largest absolute Gasteiger partial charge is 0.507 e. The fraction of sp³-hybridized carbons (Fsp3) is 0.618. The Morgan fingerprint density at radius 2 is 1.36 bits per heavy atom. The molecule has 19 nitrogen and oxygen atoms in total. The molecule has 10 N–H and O–H groups in total. The Morgan fingerprint density at radius 1 is 0.717 bits per heavy atom. The first kappa shape index (κ1) is 39.3. The first-order chi connectivity index (χ1) is 25.1. The Kier molecular flexibility index (Phi) is 11.7. The predicted octanol–water partition coefficient (Wildman–Crippen LogP) is -2.30. The summed E-state index contributed by atoms with van der Waals surface area (Å²) in [5, 5.41) is 105. The van der Waals surface area contributed by atoms with Crippen molar-refractivity contribution in [2.24, 2.45) is 0 Å². The second-order valence-corrected chi connectivity index (χ2v) is 13.4. The van der Waals surface area contributed by atoms with Crippen LogP contribution in [0.25, 0.3) is 0 Å². The van der Waals surface area contributed by atoms with E-state index in [0.717, 1.165) is 6.07 Å². The van der Waals surface area contributed by atoms with E-state index < -0.39 is 116 Å². The third-order valence-electron chi connectivity index (χ3n) is 9.78. The van der Waals surface area contributed by atoms with Crippen molar-refractivity contribution in [2.45, 2.75) is 118 Å². The van der Waals surface area contributed by atoms with E-state index >= 15 is 0 Å². The molecule has 3 fully saturated rings. The summed E-state index contributed by atoms with van der Waals surface area (Å²) < 4.78 is 45.5. The van der Waals surface area contributed by atoms with Gasteiger partial charge in [-0.25, -0.2) is 0 Å². The van der Waals surface area contributed by atoms with Crippen molar-refractivity contribution < 1.29 is 93.8 Å². The Hall–Kier alpha value is -3.41. The molecular formula is C34H44O19. The smallest absolute Gasteiger partial charge is 0.229 e. The van der Waals surface area contributed by atoms with Gasteiger partial charge in [0, 0.05) is 12.1 Å². The van der Waals surface area contributed by atoms with E-state index in [9.17, 15) is 55.9 Å². The van der Waals surface area contributed by atoms with Crippen LogP contribution in [0.15, 0.2) is 30.3 Å². The van der Waals surface area contributed by atoms with E-state index in [1.54, 1.807) is 6.07 Å². The molecule has 19 heteroatoms. The number of methoxy groups -OCH3 is 1. The quantitative estimate of drug-likeness (QED) is 0.129. The molecule has 53 heavy (non-hydrogen) atoms. The summed E-state index contributed by atoms with van der Waals surface area (Å²) in [6.07, 6.45) is -24.6. The molecule has 2 aromatic carbocycles. The normalized spacial score (nSPS) is 40.2. The average Bonchev–Trinajstić information content (AvgIpc) is 3.12. The first-order valence-electron chi connectivity index (χ1n) is 16.9. The number of hydrogen-bond acceptors (Lipinski definition) is 19. The lowest BCUT2D eigenvalue weighted by molar-refractivity contribution is -0.360. The highest BCUT2D eigenvalue weighted by Gasteiger charge is 2.52. The Morgan fingerprint density at radius 3 is 2.00 bits per heavy atom. The maximum absolute atomic E-state index is 13.2. The molecule has 0 aromatic heterocycles. The number of ether oxygens (including phenoxy) is 8. The van der Waals surface area contributed by atoms with Gasteiger partial charge in [-0.3, -0.25) is 4.79 Å². The standard InChI is InChI=1S/C34H44O19/c1-11-23(38)26(41)29(44)32(48-11)47-10-21-25(40)28(43)31(53-33-30(45)27(42)24(39)12(2)49-33)34(52-21)50-14-7-16(36)22-17(37)9-19(51-20(22)8-14)13-4-5-18(46-3)15(35)6-13/h4-8,11-12,19,21,23-36,38-45H,9-10H2,1-3H3/t11-,12-,19-,21+,23-,24-,25+,26+,27+,28-,29+,30+,31+,32+,33-,34+/m0/s1. The Bertz CT molecular complexity index is 1610. The van der Waals surface area contributed by atoms with E-state index in [0.29, 0.717) is 5.56 Å². The third kappa shape index (κ3) is 7.76. The molecule has 0 radical (unpaired) electrons. The summed E-state index contributed by atoms with van der Waals surface area (Å²) in [7, 11) is 1.38. The second kappa shape index (κ2) is 15.7. The van der Waals surface area contributed by atoms with Crippen molar-refractivity contribution in [1.29, 1.82) is 0 Å². The van der Waals surface area contributed by atoms with Crippen LogP contribution in [-0.2, 0) is 23.7 Å². The average molecular weight is 757 g/mol. The molecule has 4 heterocycles. The van der Waals surface area contributed by atoms with E-state index in [1.165, 1.54) is 39.2 Å². The number of fused-ring (bicyclic) bond motifs is 1. The van der Waals surface area contributed by atoms with Gasteiger partial charge in [0.15, 0.2) is 36.0 Å². The third-order valence-corrected chi connectivity index (χ3v) is 9.78. The van der Waals surface area contributed by atoms with Gasteiger partial charge in [0.25, 0.3) is 0 Å². The molecule has 16 atom stereocenters. The van der Waals surface area contributed by atoms with Gasteiger partial charge >= 0.3 is 0 Å². The number of carbonyl (C=O) groups excluding carboxylic acids is 1. The van der Waals surface area contributed by atoms with E-state index in [1.807, 2.05) is 0 Å². The number of Topliss-reactive ketones (excluding diaryl/α,β-unsaturated/α-hetero) is 1. The molecule has 0 unspecified atom stereocenters. The number of aliphatic hydroxyl groups excluding tert-OH is 8. The van der Waals surface area contributed by atoms with E-state index in [2.05, 4.69) is 0 Å². The lowest BCUT2D eigenvalue weighted by Gasteiger charge is -2.46. The molecule has 6 rings (SSSR count). The van der Waals surface area contributed by atoms with E-state index in [-0.39, 0.29) is 35.0 Å². The highest BCUT2D eigenvalue weighted by atomic mass is 16.8. The van der Waals surface area contributed by atoms with Gasteiger partial charge < -0.3 is 89.0 Å². The highest BCUT2D eigenvalue weighted by Crippen LogP contribution is 2.44. The zero-order valence-electron chi connectivity index (χ0n) is 28.7. The SMILES string of the molecule is COc1ccc([C@@H]2CC(=O)c3c(O)cc(O[C@@H]4O[C@H](CO[C@@H]5O[C@@H](C)[C@H](O)[C@@H](O)[C@H]5O)[C@@H](O)[C@H](O)[C@H]4O[C@@H]4O[C@@H](C)[C@H](O)[C@@H](O)[C@H]4O)cc3O2)cc1O. The van der Waals surface area contributed by atoms with Gasteiger partial charge in [-0.05, 0) is 31.5 Å². The van der Waals surface area contributed by atoms with Crippen LogP contribution in [0.2, 0.25) is 0 Å². The topological polar surface area (TPSA) is 293 Å². The molecule has 0 spiro atoms. The minimum Gasteiger partial charge on any atom is -0.507 e. The van der Waals surface area contributed by atoms with Crippen molar-refractivity contribution in [3.05, 3.63) is 41.5 Å². The highest BCUT2D eigenvalue weighted by molar-refractivity contribution is 6.02. The van der Waals surface area contributed by atoms with Crippen molar-refractivity contribution in [3.8, 4) is 28.7 Å². The summed E-state index contributed by atoms with van der Waals surface area (Å²) in [5.41, 5.74) is 0.270. The zero-order chi connectivity index (χ0) is 38.5. The number of hydrogen-bond donors (Lipinski definition) is 10. The first-order valence-corrected chi connectivity index (χ1v) is 16.9. The number of phenolic OH excluding ortho intramolecular Hbond substituents is 2. The van der Waals surface area contributed by atoms with Gasteiger partial charge in [0.2, 0.25) is 6.29 Å². The molecule has 0 aliphatic carbocycles. The summed E-state index contributed by atoms with van der Waals surface area (Å²) in [4.78, 5) is 13.2.